The lowest BCUT2D eigenvalue weighted by Gasteiger charge is -2.39. The molecule has 1 aliphatic carbocycles. The minimum absolute atomic E-state index is 0.385. The van der Waals surface area contributed by atoms with E-state index in [2.05, 4.69) is 78.2 Å². The van der Waals surface area contributed by atoms with Crippen molar-refractivity contribution in [3.8, 4) is 0 Å². The zero-order chi connectivity index (χ0) is 50.5. The zero-order valence-electron chi connectivity index (χ0n) is 47.5. The van der Waals surface area contributed by atoms with E-state index in [1.54, 1.807) is 0 Å². The Labute approximate surface area is 445 Å². The van der Waals surface area contributed by atoms with Gasteiger partial charge in [0.2, 0.25) is 11.8 Å². The predicted octanol–water partition coefficient (Wildman–Crippen LogP) is 11.4. The van der Waals surface area contributed by atoms with Crippen LogP contribution in [0.15, 0.2) is 24.3 Å². The van der Waals surface area contributed by atoms with Crippen LogP contribution in [0.4, 0.5) is 0 Å². The number of nitrogens with zero attached hydrogens (tertiary/aromatic N) is 6. The van der Waals surface area contributed by atoms with Crippen molar-refractivity contribution >= 4 is 11.8 Å². The fraction of sp³-hybridized carbons (Fsp3) is 0.903. The molecule has 72 heavy (non-hydrogen) atoms. The summed E-state index contributed by atoms with van der Waals surface area (Å²) in [6.45, 7) is 26.5. The highest BCUT2D eigenvalue weighted by atomic mass is 16.2. The molecule has 0 spiro atoms. The molecule has 0 aromatic heterocycles. The molecular formula is C62H116N8O2. The Hall–Kier alpha value is -1.82. The number of nitrogens with one attached hydrogen (secondary N) is 2. The summed E-state index contributed by atoms with van der Waals surface area (Å²) in [6, 6.07) is 0. The van der Waals surface area contributed by atoms with Crippen molar-refractivity contribution in [1.29, 1.82) is 0 Å². The largest absolute Gasteiger partial charge is 0.340 e. The summed E-state index contributed by atoms with van der Waals surface area (Å²) in [4.78, 5) is 41.0. The molecule has 10 nitrogen and oxygen atoms in total. The minimum atomic E-state index is 0.385. The first-order chi connectivity index (χ1) is 35.5. The number of carbonyl (C=O) groups excluding carboxylic acids is 2. The number of amides is 2. The maximum atomic E-state index is 13.2. The first-order valence-electron chi connectivity index (χ1n) is 31.8. The van der Waals surface area contributed by atoms with E-state index in [9.17, 15) is 9.59 Å². The van der Waals surface area contributed by atoms with Crippen molar-refractivity contribution < 1.29 is 9.59 Å². The summed E-state index contributed by atoms with van der Waals surface area (Å²) in [5.74, 6) is 3.57. The van der Waals surface area contributed by atoms with Crippen LogP contribution in [0.5, 0.6) is 0 Å². The van der Waals surface area contributed by atoms with Gasteiger partial charge in [-0.15, -0.1) is 0 Å². The van der Waals surface area contributed by atoms with E-state index in [4.69, 9.17) is 0 Å². The lowest BCUT2D eigenvalue weighted by Crippen LogP contribution is -2.50. The van der Waals surface area contributed by atoms with Gasteiger partial charge in [-0.05, 0) is 120 Å². The number of carbonyl (C=O) groups is 2. The molecule has 2 N–H and O–H groups in total. The van der Waals surface area contributed by atoms with Gasteiger partial charge in [-0.2, -0.15) is 0 Å². The van der Waals surface area contributed by atoms with E-state index in [0.29, 0.717) is 29.6 Å². The quantitative estimate of drug-likeness (QED) is 0.0466. The van der Waals surface area contributed by atoms with Gasteiger partial charge in [-0.1, -0.05) is 147 Å². The first kappa shape index (κ1) is 61.0. The van der Waals surface area contributed by atoms with E-state index in [1.165, 1.54) is 213 Å². The van der Waals surface area contributed by atoms with E-state index in [0.717, 1.165) is 117 Å². The minimum Gasteiger partial charge on any atom is -0.340 e. The summed E-state index contributed by atoms with van der Waals surface area (Å²) in [6.07, 6.45) is 48.4. The summed E-state index contributed by atoms with van der Waals surface area (Å²) >= 11 is 0. The Kier molecular flexibility index (Phi) is 33.5. The number of unbranched alkanes of at least 4 members (excludes halogenated alkanes) is 17. The van der Waals surface area contributed by atoms with Gasteiger partial charge < -0.3 is 30.2 Å². The number of piperazine rings is 3. The Balaban J connectivity index is 0.962. The molecule has 416 valence electrons. The van der Waals surface area contributed by atoms with Crippen LogP contribution in [0.2, 0.25) is 0 Å². The summed E-state index contributed by atoms with van der Waals surface area (Å²) in [5, 5.41) is 7.13. The van der Waals surface area contributed by atoms with Crippen LogP contribution >= 0.6 is 0 Å². The van der Waals surface area contributed by atoms with Crippen LogP contribution < -0.4 is 10.6 Å². The molecule has 2 amide bonds. The third-order valence-electron chi connectivity index (χ3n) is 17.7. The van der Waals surface area contributed by atoms with Gasteiger partial charge in [0.25, 0.3) is 0 Å². The van der Waals surface area contributed by atoms with Crippen molar-refractivity contribution in [2.24, 2.45) is 23.7 Å². The fourth-order valence-electron chi connectivity index (χ4n) is 12.9. The number of allylic oxidation sites excluding steroid dienone is 4. The summed E-state index contributed by atoms with van der Waals surface area (Å²) in [7, 11) is 0. The zero-order valence-corrected chi connectivity index (χ0v) is 47.5. The molecule has 0 aromatic carbocycles. The van der Waals surface area contributed by atoms with Gasteiger partial charge >= 0.3 is 0 Å². The van der Waals surface area contributed by atoms with Gasteiger partial charge in [0.05, 0.1) is 0 Å². The summed E-state index contributed by atoms with van der Waals surface area (Å²) < 4.78 is 0. The number of piperidine rings is 1. The highest BCUT2D eigenvalue weighted by Crippen LogP contribution is 2.43. The highest BCUT2D eigenvalue weighted by Gasteiger charge is 2.34. The van der Waals surface area contributed by atoms with Crippen LogP contribution in [0, 0.1) is 23.7 Å². The lowest BCUT2D eigenvalue weighted by molar-refractivity contribution is -0.133. The topological polar surface area (TPSA) is 77.6 Å². The van der Waals surface area contributed by atoms with E-state index in [1.807, 2.05) is 0 Å². The molecule has 0 radical (unpaired) electrons. The molecule has 0 bridgehead atoms. The lowest BCUT2D eigenvalue weighted by atomic mass is 9.66. The van der Waals surface area contributed by atoms with Crippen molar-refractivity contribution in [2.75, 3.05) is 131 Å². The maximum absolute atomic E-state index is 13.2. The van der Waals surface area contributed by atoms with E-state index in [-0.39, 0.29) is 0 Å². The molecule has 5 rings (SSSR count). The predicted molar refractivity (Wildman–Crippen MR) is 307 cm³/mol. The van der Waals surface area contributed by atoms with Crippen LogP contribution in [-0.2, 0) is 9.59 Å². The van der Waals surface area contributed by atoms with Crippen LogP contribution in [-0.4, -0.2) is 172 Å². The second-order valence-corrected chi connectivity index (χ2v) is 23.4. The molecular weight excluding hydrogens is 889 g/mol. The standard InChI is InChI=1S/C62H116N8O2/c1-3-5-7-9-13-21-31-59-57(29-19-8-6-4-2)35-36-58(30-20-12-10-15-23-33-61(71)69-53-49-67(50-54-69)44-28-18-27-43-66-46-38-64-39-47-66)60(59)32-22-14-11-16-24-34-62(72)70-55-51-68(52-56-70)48-40-63-37-45-65-41-25-17-26-42-65/h21,31,35-36,57-60,63-64H,3-20,22-30,32-34,37-56H2,1-2H3/b31-21+. The van der Waals surface area contributed by atoms with E-state index >= 15 is 0 Å². The fourth-order valence-corrected chi connectivity index (χ4v) is 12.9. The molecule has 5 aliphatic rings. The van der Waals surface area contributed by atoms with Gasteiger partial charge in [-0.25, -0.2) is 0 Å². The average Bonchev–Trinajstić information content (AvgIpc) is 3.41. The van der Waals surface area contributed by atoms with Crippen LogP contribution in [0.25, 0.3) is 0 Å². The van der Waals surface area contributed by atoms with Crippen molar-refractivity contribution in [2.45, 2.75) is 206 Å². The Morgan fingerprint density at radius 3 is 1.53 bits per heavy atom. The molecule has 0 saturated carbocycles. The number of likely N-dealkylation sites (tertiary alicyclic amines) is 1. The monoisotopic (exact) mass is 1000 g/mol. The second-order valence-electron chi connectivity index (χ2n) is 23.4. The van der Waals surface area contributed by atoms with Crippen LogP contribution in [0.3, 0.4) is 0 Å². The highest BCUT2D eigenvalue weighted by molar-refractivity contribution is 5.76. The number of rotatable bonds is 39. The average molecular weight is 1010 g/mol. The van der Waals surface area contributed by atoms with Crippen molar-refractivity contribution in [1.82, 2.24) is 40.0 Å². The smallest absolute Gasteiger partial charge is 0.222 e. The molecule has 4 unspecified atom stereocenters. The van der Waals surface area contributed by atoms with Crippen molar-refractivity contribution in [3.05, 3.63) is 24.3 Å². The van der Waals surface area contributed by atoms with Gasteiger partial charge in [0, 0.05) is 118 Å². The molecule has 4 saturated heterocycles. The summed E-state index contributed by atoms with van der Waals surface area (Å²) in [5.41, 5.74) is 0. The first-order valence-corrected chi connectivity index (χ1v) is 31.8. The Morgan fingerprint density at radius 1 is 0.472 bits per heavy atom. The van der Waals surface area contributed by atoms with Crippen molar-refractivity contribution in [3.63, 3.8) is 0 Å². The molecule has 0 aromatic rings. The molecule has 4 heterocycles. The van der Waals surface area contributed by atoms with E-state index < -0.39 is 0 Å². The second kappa shape index (κ2) is 39.5. The molecule has 4 aliphatic heterocycles. The molecule has 4 atom stereocenters. The third-order valence-corrected chi connectivity index (χ3v) is 17.7. The Bertz CT molecular complexity index is 1400. The SMILES string of the molecule is CCCCCC/C=C/C1C(CCCCCC)C=CC(CCCCCCCC(=O)N2CCN(CCCCCN3CCNCC3)CC2)C1CCCCCCCC(=O)N1CCN(CCNCCN2CCCCC2)CC1. The Morgan fingerprint density at radius 2 is 0.931 bits per heavy atom. The number of hydrogen-bond acceptors (Lipinski definition) is 8. The number of hydrogen-bond donors (Lipinski definition) is 2. The normalized spacial score (nSPS) is 23.2. The molecule has 10 heteroatoms. The van der Waals surface area contributed by atoms with Gasteiger partial charge in [-0.3, -0.25) is 19.4 Å². The van der Waals surface area contributed by atoms with Gasteiger partial charge in [0.1, 0.15) is 0 Å². The molecule has 4 fully saturated rings. The van der Waals surface area contributed by atoms with Gasteiger partial charge in [0.15, 0.2) is 0 Å². The third kappa shape index (κ3) is 25.8. The maximum Gasteiger partial charge on any atom is 0.222 e. The van der Waals surface area contributed by atoms with Crippen LogP contribution in [0.1, 0.15) is 206 Å².